The second-order valence-corrected chi connectivity index (χ2v) is 4.24. The van der Waals surface area contributed by atoms with Gasteiger partial charge in [-0.2, -0.15) is 0 Å². The summed E-state index contributed by atoms with van der Waals surface area (Å²) in [6.07, 6.45) is -0.114. The van der Waals surface area contributed by atoms with Gasteiger partial charge < -0.3 is 18.9 Å². The normalized spacial score (nSPS) is 20.9. The van der Waals surface area contributed by atoms with Crippen LogP contribution in [0.4, 0.5) is 0 Å². The van der Waals surface area contributed by atoms with Gasteiger partial charge in [-0.25, -0.2) is 0 Å². The van der Waals surface area contributed by atoms with E-state index in [4.69, 9.17) is 24.8 Å². The lowest BCUT2D eigenvalue weighted by molar-refractivity contribution is -0.102. The molecule has 2 rings (SSSR count). The van der Waals surface area contributed by atoms with Gasteiger partial charge in [0.2, 0.25) is 0 Å². The zero-order valence-corrected chi connectivity index (χ0v) is 11.2. The van der Waals surface area contributed by atoms with Gasteiger partial charge in [-0.05, 0) is 17.7 Å². The topological polar surface area (TPSA) is 75.0 Å². The molecule has 2 atom stereocenters. The number of nitrogens with one attached hydrogen (secondary N) is 1. The van der Waals surface area contributed by atoms with Crippen LogP contribution < -0.4 is 20.7 Å². The molecule has 106 valence electrons. The summed E-state index contributed by atoms with van der Waals surface area (Å²) in [5, 5.41) is 0. The molecule has 0 amide bonds. The molecule has 1 aliphatic heterocycles. The van der Waals surface area contributed by atoms with E-state index >= 15 is 0 Å². The number of ether oxygens (including phenoxy) is 4. The Morgan fingerprint density at radius 1 is 1.26 bits per heavy atom. The highest BCUT2D eigenvalue weighted by molar-refractivity contribution is 5.44. The van der Waals surface area contributed by atoms with E-state index in [0.717, 1.165) is 5.56 Å². The number of hydrogen-bond acceptors (Lipinski definition) is 6. The third-order valence-corrected chi connectivity index (χ3v) is 3.16. The molecule has 1 aliphatic rings. The number of methoxy groups -OCH3 is 2. The van der Waals surface area contributed by atoms with Crippen LogP contribution in [0.1, 0.15) is 11.6 Å². The van der Waals surface area contributed by atoms with E-state index in [2.05, 4.69) is 5.43 Å². The summed E-state index contributed by atoms with van der Waals surface area (Å²) in [7, 11) is 3.21. The van der Waals surface area contributed by atoms with Crippen LogP contribution in [-0.4, -0.2) is 40.1 Å². The van der Waals surface area contributed by atoms with Crippen LogP contribution >= 0.6 is 0 Å². The molecule has 0 aliphatic carbocycles. The number of benzene rings is 1. The van der Waals surface area contributed by atoms with Crippen LogP contribution in [0, 0.1) is 0 Å². The SMILES string of the molecule is COc1ccc(C(NN)C2COCCO2)cc1OC. The Kier molecular flexibility index (Phi) is 4.98. The molecule has 3 N–H and O–H groups in total. The fraction of sp³-hybridized carbons (Fsp3) is 0.538. The Morgan fingerprint density at radius 2 is 2.05 bits per heavy atom. The van der Waals surface area contributed by atoms with Gasteiger partial charge in [0.05, 0.1) is 40.1 Å². The lowest BCUT2D eigenvalue weighted by atomic mass is 10.0. The van der Waals surface area contributed by atoms with Crippen molar-refractivity contribution in [2.24, 2.45) is 5.84 Å². The molecule has 1 aromatic rings. The summed E-state index contributed by atoms with van der Waals surface area (Å²) in [6.45, 7) is 1.72. The van der Waals surface area contributed by atoms with Gasteiger partial charge >= 0.3 is 0 Å². The van der Waals surface area contributed by atoms with Crippen molar-refractivity contribution in [1.82, 2.24) is 5.43 Å². The van der Waals surface area contributed by atoms with Crippen molar-refractivity contribution in [3.8, 4) is 11.5 Å². The lowest BCUT2D eigenvalue weighted by Gasteiger charge is -2.30. The van der Waals surface area contributed by atoms with Crippen LogP contribution in [0.2, 0.25) is 0 Å². The highest BCUT2D eigenvalue weighted by Crippen LogP contribution is 2.31. The molecule has 6 heteroatoms. The number of hydrogen-bond donors (Lipinski definition) is 2. The zero-order valence-electron chi connectivity index (χ0n) is 11.2. The first kappa shape index (κ1) is 14.1. The second kappa shape index (κ2) is 6.72. The molecule has 0 saturated carbocycles. The summed E-state index contributed by atoms with van der Waals surface area (Å²) < 4.78 is 21.6. The molecule has 1 heterocycles. The van der Waals surface area contributed by atoms with Crippen LogP contribution in [0.15, 0.2) is 18.2 Å². The highest BCUT2D eigenvalue weighted by Gasteiger charge is 2.26. The molecular formula is C13H20N2O4. The summed E-state index contributed by atoms with van der Waals surface area (Å²) >= 11 is 0. The smallest absolute Gasteiger partial charge is 0.161 e. The van der Waals surface area contributed by atoms with E-state index in [-0.39, 0.29) is 12.1 Å². The largest absolute Gasteiger partial charge is 0.493 e. The van der Waals surface area contributed by atoms with Crippen molar-refractivity contribution in [2.45, 2.75) is 12.1 Å². The summed E-state index contributed by atoms with van der Waals surface area (Å²) in [6, 6.07) is 5.52. The Morgan fingerprint density at radius 3 is 2.63 bits per heavy atom. The van der Waals surface area contributed by atoms with E-state index < -0.39 is 0 Å². The van der Waals surface area contributed by atoms with Crippen LogP contribution in [0.5, 0.6) is 11.5 Å². The summed E-state index contributed by atoms with van der Waals surface area (Å²) in [4.78, 5) is 0. The van der Waals surface area contributed by atoms with E-state index in [0.29, 0.717) is 31.3 Å². The molecule has 6 nitrogen and oxygen atoms in total. The molecule has 1 aromatic carbocycles. The number of hydrazine groups is 1. The Bertz CT molecular complexity index is 408. The Balaban J connectivity index is 2.22. The highest BCUT2D eigenvalue weighted by atomic mass is 16.6. The third-order valence-electron chi connectivity index (χ3n) is 3.16. The molecule has 19 heavy (non-hydrogen) atoms. The van der Waals surface area contributed by atoms with Crippen molar-refractivity contribution in [2.75, 3.05) is 34.0 Å². The first-order valence-electron chi connectivity index (χ1n) is 6.17. The molecule has 1 saturated heterocycles. The third kappa shape index (κ3) is 3.16. The molecule has 0 aromatic heterocycles. The predicted octanol–water partition coefficient (Wildman–Crippen LogP) is 0.624. The first-order chi connectivity index (χ1) is 9.30. The summed E-state index contributed by atoms with van der Waals surface area (Å²) in [5.74, 6) is 6.99. The number of nitrogens with two attached hydrogens (primary N) is 1. The maximum absolute atomic E-state index is 5.68. The van der Waals surface area contributed by atoms with E-state index in [1.165, 1.54) is 0 Å². The lowest BCUT2D eigenvalue weighted by Crippen LogP contribution is -2.43. The van der Waals surface area contributed by atoms with Crippen LogP contribution in [-0.2, 0) is 9.47 Å². The minimum atomic E-state index is -0.153. The van der Waals surface area contributed by atoms with Crippen molar-refractivity contribution >= 4 is 0 Å². The molecular weight excluding hydrogens is 248 g/mol. The molecule has 0 bridgehead atoms. The maximum Gasteiger partial charge on any atom is 0.161 e. The molecule has 2 unspecified atom stereocenters. The van der Waals surface area contributed by atoms with Gasteiger partial charge in [0.25, 0.3) is 0 Å². The zero-order chi connectivity index (χ0) is 13.7. The van der Waals surface area contributed by atoms with E-state index in [1.807, 2.05) is 18.2 Å². The van der Waals surface area contributed by atoms with Crippen molar-refractivity contribution in [3.05, 3.63) is 23.8 Å². The van der Waals surface area contributed by atoms with Crippen molar-refractivity contribution < 1.29 is 18.9 Å². The minimum Gasteiger partial charge on any atom is -0.493 e. The van der Waals surface area contributed by atoms with Gasteiger partial charge in [-0.1, -0.05) is 6.07 Å². The molecule has 1 fully saturated rings. The van der Waals surface area contributed by atoms with Crippen LogP contribution in [0.3, 0.4) is 0 Å². The average Bonchev–Trinajstić information content (AvgIpc) is 2.49. The Labute approximate surface area is 112 Å². The minimum absolute atomic E-state index is 0.114. The maximum atomic E-state index is 5.68. The summed E-state index contributed by atoms with van der Waals surface area (Å²) in [5.41, 5.74) is 3.74. The Hall–Kier alpha value is -1.34. The van der Waals surface area contributed by atoms with E-state index in [1.54, 1.807) is 14.2 Å². The number of rotatable bonds is 5. The van der Waals surface area contributed by atoms with Gasteiger partial charge in [0.1, 0.15) is 6.10 Å². The first-order valence-corrected chi connectivity index (χ1v) is 6.17. The standard InChI is InChI=1S/C13H20N2O4/c1-16-10-4-3-9(7-11(10)17-2)13(15-14)12-8-18-5-6-19-12/h3-4,7,12-13,15H,5-6,8,14H2,1-2H3. The van der Waals surface area contributed by atoms with Gasteiger partial charge in [-0.3, -0.25) is 11.3 Å². The molecule has 0 radical (unpaired) electrons. The van der Waals surface area contributed by atoms with Gasteiger partial charge in [0.15, 0.2) is 11.5 Å². The second-order valence-electron chi connectivity index (χ2n) is 4.24. The fourth-order valence-corrected chi connectivity index (χ4v) is 2.16. The van der Waals surface area contributed by atoms with Gasteiger partial charge in [-0.15, -0.1) is 0 Å². The van der Waals surface area contributed by atoms with E-state index in [9.17, 15) is 0 Å². The average molecular weight is 268 g/mol. The van der Waals surface area contributed by atoms with Crippen LogP contribution in [0.25, 0.3) is 0 Å². The predicted molar refractivity (Wildman–Crippen MR) is 70.2 cm³/mol. The monoisotopic (exact) mass is 268 g/mol. The van der Waals surface area contributed by atoms with Gasteiger partial charge in [0, 0.05) is 0 Å². The molecule has 0 spiro atoms. The van der Waals surface area contributed by atoms with Crippen molar-refractivity contribution in [3.63, 3.8) is 0 Å². The van der Waals surface area contributed by atoms with Crippen molar-refractivity contribution in [1.29, 1.82) is 0 Å². The quantitative estimate of drug-likeness (QED) is 0.602. The fourth-order valence-electron chi connectivity index (χ4n) is 2.16.